The molecule has 0 bridgehead atoms. The van der Waals surface area contributed by atoms with Crippen LogP contribution >= 0.6 is 11.6 Å². The van der Waals surface area contributed by atoms with Gasteiger partial charge in [0, 0.05) is 0 Å². The normalized spacial score (nSPS) is 10.8. The Morgan fingerprint density at radius 2 is 2.33 bits per heavy atom. The summed E-state index contributed by atoms with van der Waals surface area (Å²) in [5, 5.41) is 11.2. The second-order valence-electron chi connectivity index (χ2n) is 1.37. The molecule has 0 spiro atoms. The SMILES string of the molecule is C=CS(=O)[O-].Clc1ccnnn1. The van der Waals surface area contributed by atoms with Crippen LogP contribution in [0.25, 0.3) is 0 Å². The Kier molecular flexibility index (Phi) is 6.35. The minimum Gasteiger partial charge on any atom is -0.769 e. The molecule has 0 saturated heterocycles. The Morgan fingerprint density at radius 1 is 1.75 bits per heavy atom. The molecule has 0 saturated carbocycles. The highest BCUT2D eigenvalue weighted by Crippen LogP contribution is 1.94. The van der Waals surface area contributed by atoms with E-state index in [0.29, 0.717) is 5.15 Å². The van der Waals surface area contributed by atoms with E-state index in [-0.39, 0.29) is 0 Å². The highest BCUT2D eigenvalue weighted by atomic mass is 35.5. The standard InChI is InChI=1S/C3H2ClN3.C2H4O2S/c4-3-1-2-5-7-6-3;1-2-5(3)4/h1-2H;2H,1H2,(H,3,4)/p-1. The maximum Gasteiger partial charge on any atom is 0.155 e. The first-order valence-corrected chi connectivity index (χ1v) is 4.19. The summed E-state index contributed by atoms with van der Waals surface area (Å²) >= 11 is 3.27. The fraction of sp³-hybridized carbons (Fsp3) is 0. The third-order valence-electron chi connectivity index (χ3n) is 0.607. The van der Waals surface area contributed by atoms with Gasteiger partial charge >= 0.3 is 0 Å². The molecule has 0 radical (unpaired) electrons. The molecule has 1 aromatic rings. The number of halogens is 1. The van der Waals surface area contributed by atoms with Crippen molar-refractivity contribution in [1.82, 2.24) is 15.4 Å². The van der Waals surface area contributed by atoms with Gasteiger partial charge in [0.25, 0.3) is 0 Å². The third kappa shape index (κ3) is 7.26. The summed E-state index contributed by atoms with van der Waals surface area (Å²) in [4.78, 5) is 0. The first-order chi connectivity index (χ1) is 5.66. The van der Waals surface area contributed by atoms with Crippen molar-refractivity contribution in [2.24, 2.45) is 0 Å². The van der Waals surface area contributed by atoms with Crippen molar-refractivity contribution in [2.45, 2.75) is 0 Å². The van der Waals surface area contributed by atoms with Crippen molar-refractivity contribution in [3.05, 3.63) is 29.4 Å². The van der Waals surface area contributed by atoms with Crippen LogP contribution in [0.2, 0.25) is 5.15 Å². The lowest BCUT2D eigenvalue weighted by atomic mass is 10.7. The second kappa shape index (κ2) is 6.84. The molecule has 12 heavy (non-hydrogen) atoms. The number of rotatable bonds is 1. The fourth-order valence-electron chi connectivity index (χ4n) is 0.227. The van der Waals surface area contributed by atoms with Gasteiger partial charge in [-0.3, -0.25) is 4.21 Å². The molecule has 5 nitrogen and oxygen atoms in total. The topological polar surface area (TPSA) is 78.8 Å². The first kappa shape index (κ1) is 11.2. The van der Waals surface area contributed by atoms with Crippen LogP contribution in [0, 0.1) is 0 Å². The molecule has 66 valence electrons. The molecule has 7 heteroatoms. The molecule has 1 rings (SSSR count). The predicted molar refractivity (Wildman–Crippen MR) is 44.0 cm³/mol. The van der Waals surface area contributed by atoms with E-state index in [1.54, 1.807) is 6.07 Å². The van der Waals surface area contributed by atoms with Gasteiger partial charge in [0.2, 0.25) is 0 Å². The zero-order chi connectivity index (χ0) is 9.40. The molecule has 0 N–H and O–H groups in total. The van der Waals surface area contributed by atoms with Gasteiger partial charge in [-0.2, -0.15) is 0 Å². The third-order valence-corrected chi connectivity index (χ3v) is 1.08. The van der Waals surface area contributed by atoms with E-state index in [1.807, 2.05) is 0 Å². The van der Waals surface area contributed by atoms with E-state index >= 15 is 0 Å². The molecule has 1 aromatic heterocycles. The molecule has 1 atom stereocenters. The minimum absolute atomic E-state index is 0.370. The summed E-state index contributed by atoms with van der Waals surface area (Å²) in [5.74, 6) is 0. The Labute approximate surface area is 76.8 Å². The maximum atomic E-state index is 9.25. The Bertz CT molecular complexity index is 256. The molecule has 1 unspecified atom stereocenters. The summed E-state index contributed by atoms with van der Waals surface area (Å²) in [6.07, 6.45) is 1.48. The maximum absolute atomic E-state index is 9.25. The van der Waals surface area contributed by atoms with E-state index in [4.69, 9.17) is 11.6 Å². The lowest BCUT2D eigenvalue weighted by molar-refractivity contribution is 0.546. The van der Waals surface area contributed by atoms with Crippen LogP contribution in [0.1, 0.15) is 0 Å². The van der Waals surface area contributed by atoms with Gasteiger partial charge in [0.1, 0.15) is 0 Å². The van der Waals surface area contributed by atoms with Crippen molar-refractivity contribution in [3.8, 4) is 0 Å². The average molecular weight is 207 g/mol. The van der Waals surface area contributed by atoms with Crippen LogP contribution in [-0.2, 0) is 11.1 Å². The Hall–Kier alpha value is -0.850. The zero-order valence-electron chi connectivity index (χ0n) is 5.88. The molecule has 0 fully saturated rings. The van der Waals surface area contributed by atoms with Crippen molar-refractivity contribution in [1.29, 1.82) is 0 Å². The molecule has 1 heterocycles. The quantitative estimate of drug-likeness (QED) is 0.627. The van der Waals surface area contributed by atoms with E-state index in [1.165, 1.54) is 6.20 Å². The van der Waals surface area contributed by atoms with Crippen LogP contribution in [0.5, 0.6) is 0 Å². The summed E-state index contributed by atoms with van der Waals surface area (Å²) in [6, 6.07) is 1.56. The van der Waals surface area contributed by atoms with E-state index in [9.17, 15) is 8.76 Å². The summed E-state index contributed by atoms with van der Waals surface area (Å²) < 4.78 is 18.5. The van der Waals surface area contributed by atoms with Crippen LogP contribution in [-0.4, -0.2) is 24.2 Å². The van der Waals surface area contributed by atoms with Gasteiger partial charge < -0.3 is 4.55 Å². The number of aromatic nitrogens is 3. The summed E-state index contributed by atoms with van der Waals surface area (Å²) in [6.45, 7) is 2.95. The van der Waals surface area contributed by atoms with Crippen molar-refractivity contribution in [3.63, 3.8) is 0 Å². The Balaban J connectivity index is 0.000000217. The Morgan fingerprint density at radius 3 is 2.50 bits per heavy atom. The monoisotopic (exact) mass is 206 g/mol. The molecule has 0 amide bonds. The van der Waals surface area contributed by atoms with E-state index < -0.39 is 11.1 Å². The number of hydrogen-bond acceptors (Lipinski definition) is 5. The smallest absolute Gasteiger partial charge is 0.155 e. The second-order valence-corrected chi connectivity index (χ2v) is 2.61. The average Bonchev–Trinajstić information content (AvgIpc) is 2.07. The molecule has 0 aromatic carbocycles. The van der Waals surface area contributed by atoms with Crippen LogP contribution in [0.15, 0.2) is 24.3 Å². The molecule has 0 aliphatic rings. The van der Waals surface area contributed by atoms with Crippen LogP contribution < -0.4 is 0 Å². The molecular formula is C5H5ClN3O2S-. The van der Waals surface area contributed by atoms with Gasteiger partial charge in [0.05, 0.1) is 6.20 Å². The molecule has 0 aliphatic carbocycles. The summed E-state index contributed by atoms with van der Waals surface area (Å²) in [5.41, 5.74) is 0. The highest BCUT2D eigenvalue weighted by molar-refractivity contribution is 7.82. The highest BCUT2D eigenvalue weighted by Gasteiger charge is 1.79. The van der Waals surface area contributed by atoms with Gasteiger partial charge in [-0.15, -0.1) is 10.2 Å². The minimum atomic E-state index is -2.06. The van der Waals surface area contributed by atoms with Crippen molar-refractivity contribution >= 4 is 22.7 Å². The van der Waals surface area contributed by atoms with E-state index in [0.717, 1.165) is 5.41 Å². The van der Waals surface area contributed by atoms with Gasteiger partial charge in [-0.25, -0.2) is 0 Å². The van der Waals surface area contributed by atoms with Crippen LogP contribution in [0.4, 0.5) is 0 Å². The van der Waals surface area contributed by atoms with Gasteiger partial charge in [-0.05, 0) is 27.8 Å². The van der Waals surface area contributed by atoms with Gasteiger partial charge in [-0.1, -0.05) is 18.2 Å². The van der Waals surface area contributed by atoms with Gasteiger partial charge in [0.15, 0.2) is 5.15 Å². The van der Waals surface area contributed by atoms with Crippen molar-refractivity contribution < 1.29 is 8.76 Å². The largest absolute Gasteiger partial charge is 0.769 e. The molecule has 0 aliphatic heterocycles. The number of hydrogen-bond donors (Lipinski definition) is 0. The summed E-state index contributed by atoms with van der Waals surface area (Å²) in [7, 11) is 0. The van der Waals surface area contributed by atoms with Crippen LogP contribution in [0.3, 0.4) is 0 Å². The fourth-order valence-corrected chi connectivity index (χ4v) is 0.317. The zero-order valence-corrected chi connectivity index (χ0v) is 7.46. The lowest BCUT2D eigenvalue weighted by Gasteiger charge is -1.88. The number of nitrogens with zero attached hydrogens (tertiary/aromatic N) is 3. The van der Waals surface area contributed by atoms with E-state index in [2.05, 4.69) is 22.0 Å². The predicted octanol–water partition coefficient (Wildman–Crippen LogP) is 0.534. The first-order valence-electron chi connectivity index (χ1n) is 2.67. The molecular weight excluding hydrogens is 202 g/mol. The lowest BCUT2D eigenvalue weighted by Crippen LogP contribution is -1.81. The van der Waals surface area contributed by atoms with Crippen molar-refractivity contribution in [2.75, 3.05) is 0 Å².